The number of ether oxygens (including phenoxy) is 3. The van der Waals surface area contributed by atoms with Crippen LogP contribution in [0.4, 0.5) is 27.7 Å². The van der Waals surface area contributed by atoms with E-state index in [-0.39, 0.29) is 11.2 Å². The Hall–Kier alpha value is -4.77. The van der Waals surface area contributed by atoms with Crippen molar-refractivity contribution in [2.24, 2.45) is 0 Å². The molecule has 38 heavy (non-hydrogen) atoms. The molecule has 5 rings (SSSR count). The average Bonchev–Trinajstić information content (AvgIpc) is 3.33. The number of morpholine rings is 1. The van der Waals surface area contributed by atoms with E-state index < -0.39 is 11.9 Å². The zero-order valence-corrected chi connectivity index (χ0v) is 20.9. The highest BCUT2D eigenvalue weighted by atomic mass is 16.5. The van der Waals surface area contributed by atoms with Crippen LogP contribution in [0.3, 0.4) is 0 Å². The van der Waals surface area contributed by atoms with Gasteiger partial charge < -0.3 is 35.3 Å². The fourth-order valence-electron chi connectivity index (χ4n) is 4.41. The Bertz CT molecular complexity index is 1500. The Kier molecular flexibility index (Phi) is 6.75. The largest absolute Gasteiger partial charge is 0.497 e. The van der Waals surface area contributed by atoms with E-state index in [0.29, 0.717) is 52.9 Å². The predicted octanol–water partition coefficient (Wildman–Crippen LogP) is 3.97. The van der Waals surface area contributed by atoms with Gasteiger partial charge in [-0.2, -0.15) is 0 Å². The fraction of sp³-hybridized carbons (Fsp3) is 0.222. The molecule has 11 heteroatoms. The van der Waals surface area contributed by atoms with E-state index in [4.69, 9.17) is 19.9 Å². The molecule has 11 nitrogen and oxygen atoms in total. The Labute approximate surface area is 218 Å². The molecule has 1 aliphatic rings. The lowest BCUT2D eigenvalue weighted by Gasteiger charge is -2.29. The van der Waals surface area contributed by atoms with Crippen LogP contribution in [0, 0.1) is 0 Å². The van der Waals surface area contributed by atoms with Gasteiger partial charge in [0.05, 0.1) is 44.4 Å². The maximum atomic E-state index is 13.4. The first-order chi connectivity index (χ1) is 18.4. The lowest BCUT2D eigenvalue weighted by atomic mass is 10.0. The molecule has 0 unspecified atom stereocenters. The molecule has 4 N–H and O–H groups in total. The predicted molar refractivity (Wildman–Crippen MR) is 143 cm³/mol. The normalized spacial score (nSPS) is 13.4. The first-order valence-corrected chi connectivity index (χ1v) is 11.9. The van der Waals surface area contributed by atoms with Crippen LogP contribution in [0.25, 0.3) is 11.0 Å². The number of hydrogen-bond acceptors (Lipinski definition) is 9. The number of rotatable bonds is 7. The average molecular weight is 518 g/mol. The molecule has 0 spiro atoms. The summed E-state index contributed by atoms with van der Waals surface area (Å²) >= 11 is 0. The smallest absolute Gasteiger partial charge is 0.417 e. The van der Waals surface area contributed by atoms with E-state index in [0.717, 1.165) is 23.3 Å². The SMILES string of the molecule is COc1cc(OC)cc(C(=O)c2cn(C(=O)O)c3nc(Nc4ccc(N5CCOCC5)cc4N)ccc23)c1. The van der Waals surface area contributed by atoms with E-state index in [1.54, 1.807) is 30.3 Å². The third kappa shape index (κ3) is 4.78. The van der Waals surface area contributed by atoms with Crippen LogP contribution in [0.2, 0.25) is 0 Å². The van der Waals surface area contributed by atoms with Crippen LogP contribution in [-0.2, 0) is 4.74 Å². The second-order valence-electron chi connectivity index (χ2n) is 8.69. The number of nitrogens with zero attached hydrogens (tertiary/aromatic N) is 3. The monoisotopic (exact) mass is 517 g/mol. The number of nitrogen functional groups attached to an aromatic ring is 1. The molecule has 1 fully saturated rings. The highest BCUT2D eigenvalue weighted by Gasteiger charge is 2.22. The summed E-state index contributed by atoms with van der Waals surface area (Å²) in [6.45, 7) is 2.92. The summed E-state index contributed by atoms with van der Waals surface area (Å²) in [4.78, 5) is 32.1. The minimum absolute atomic E-state index is 0.115. The van der Waals surface area contributed by atoms with Gasteiger partial charge >= 0.3 is 6.09 Å². The van der Waals surface area contributed by atoms with Crippen molar-refractivity contribution >= 4 is 45.8 Å². The maximum Gasteiger partial charge on any atom is 0.417 e. The maximum absolute atomic E-state index is 13.4. The number of anilines is 4. The third-order valence-electron chi connectivity index (χ3n) is 6.39. The zero-order chi connectivity index (χ0) is 26.8. The second-order valence-corrected chi connectivity index (χ2v) is 8.69. The van der Waals surface area contributed by atoms with Crippen LogP contribution >= 0.6 is 0 Å². The molecule has 2 aromatic carbocycles. The fourth-order valence-corrected chi connectivity index (χ4v) is 4.41. The van der Waals surface area contributed by atoms with E-state index in [1.807, 2.05) is 18.2 Å². The van der Waals surface area contributed by atoms with Gasteiger partial charge in [0.1, 0.15) is 17.3 Å². The van der Waals surface area contributed by atoms with Gasteiger partial charge in [-0.05, 0) is 42.5 Å². The number of benzene rings is 2. The van der Waals surface area contributed by atoms with Crippen molar-refractivity contribution in [2.45, 2.75) is 0 Å². The molecule has 4 aromatic rings. The van der Waals surface area contributed by atoms with Crippen LogP contribution in [0.5, 0.6) is 11.5 Å². The number of carboxylic acid groups (broad SMARTS) is 1. The summed E-state index contributed by atoms with van der Waals surface area (Å²) < 4.78 is 16.9. The molecule has 0 amide bonds. The van der Waals surface area contributed by atoms with Crippen molar-refractivity contribution in [1.29, 1.82) is 0 Å². The number of ketones is 1. The Balaban J connectivity index is 1.48. The highest BCUT2D eigenvalue weighted by Crippen LogP contribution is 2.31. The van der Waals surface area contributed by atoms with Gasteiger partial charge in [0.25, 0.3) is 0 Å². The van der Waals surface area contributed by atoms with Crippen molar-refractivity contribution in [3.8, 4) is 11.5 Å². The summed E-state index contributed by atoms with van der Waals surface area (Å²) in [6, 6.07) is 13.8. The molecule has 3 heterocycles. The van der Waals surface area contributed by atoms with Gasteiger partial charge in [-0.1, -0.05) is 0 Å². The van der Waals surface area contributed by atoms with Gasteiger partial charge in [-0.15, -0.1) is 0 Å². The summed E-state index contributed by atoms with van der Waals surface area (Å²) in [6.07, 6.45) is 0.000101. The number of carbonyl (C=O) groups excluding carboxylic acids is 1. The number of aromatic nitrogens is 2. The highest BCUT2D eigenvalue weighted by molar-refractivity contribution is 6.17. The topological polar surface area (TPSA) is 141 Å². The summed E-state index contributed by atoms with van der Waals surface area (Å²) in [5, 5.41) is 13.4. The number of methoxy groups -OCH3 is 2. The van der Waals surface area contributed by atoms with Gasteiger partial charge in [-0.25, -0.2) is 14.3 Å². The second kappa shape index (κ2) is 10.3. The minimum atomic E-state index is -1.27. The molecule has 2 aromatic heterocycles. The molecule has 0 aliphatic carbocycles. The summed E-state index contributed by atoms with van der Waals surface area (Å²) in [5.41, 5.74) is 9.05. The molecule has 196 valence electrons. The third-order valence-corrected chi connectivity index (χ3v) is 6.39. The van der Waals surface area contributed by atoms with Crippen LogP contribution in [0.1, 0.15) is 15.9 Å². The van der Waals surface area contributed by atoms with Crippen LogP contribution < -0.4 is 25.4 Å². The minimum Gasteiger partial charge on any atom is -0.497 e. The number of carbonyl (C=O) groups is 2. The number of fused-ring (bicyclic) bond motifs is 1. The molecule has 0 radical (unpaired) electrons. The van der Waals surface area contributed by atoms with Gasteiger partial charge in [0.15, 0.2) is 11.4 Å². The Morgan fingerprint density at radius 2 is 1.74 bits per heavy atom. The van der Waals surface area contributed by atoms with Gasteiger partial charge in [0, 0.05) is 42.0 Å². The van der Waals surface area contributed by atoms with Crippen molar-refractivity contribution in [2.75, 3.05) is 56.5 Å². The van der Waals surface area contributed by atoms with Crippen molar-refractivity contribution in [3.63, 3.8) is 0 Å². The van der Waals surface area contributed by atoms with E-state index in [1.165, 1.54) is 20.4 Å². The van der Waals surface area contributed by atoms with Crippen molar-refractivity contribution in [1.82, 2.24) is 9.55 Å². The number of nitrogens with two attached hydrogens (primary N) is 1. The van der Waals surface area contributed by atoms with E-state index in [9.17, 15) is 14.7 Å². The van der Waals surface area contributed by atoms with E-state index >= 15 is 0 Å². The van der Waals surface area contributed by atoms with E-state index in [2.05, 4.69) is 15.2 Å². The molecule has 1 saturated heterocycles. The Morgan fingerprint density at radius 3 is 2.37 bits per heavy atom. The number of pyridine rings is 1. The molecule has 0 atom stereocenters. The van der Waals surface area contributed by atoms with Crippen molar-refractivity contribution in [3.05, 3.63) is 65.9 Å². The lowest BCUT2D eigenvalue weighted by molar-refractivity contribution is 0.103. The summed E-state index contributed by atoms with van der Waals surface area (Å²) in [5.74, 6) is 0.872. The first kappa shape index (κ1) is 24.9. The zero-order valence-electron chi connectivity index (χ0n) is 20.9. The molecule has 0 bridgehead atoms. The Morgan fingerprint density at radius 1 is 1.03 bits per heavy atom. The molecular weight excluding hydrogens is 490 g/mol. The number of hydrogen-bond donors (Lipinski definition) is 3. The molecule has 0 saturated carbocycles. The van der Waals surface area contributed by atoms with Gasteiger partial charge in [-0.3, -0.25) is 4.79 Å². The number of nitrogens with one attached hydrogen (secondary N) is 1. The molecule has 1 aliphatic heterocycles. The first-order valence-electron chi connectivity index (χ1n) is 11.9. The molecular formula is C27H27N5O6. The van der Waals surface area contributed by atoms with Crippen LogP contribution in [0.15, 0.2) is 54.7 Å². The summed E-state index contributed by atoms with van der Waals surface area (Å²) in [7, 11) is 2.97. The van der Waals surface area contributed by atoms with Crippen molar-refractivity contribution < 1.29 is 28.9 Å². The quantitative estimate of drug-likeness (QED) is 0.243. The lowest BCUT2D eigenvalue weighted by Crippen LogP contribution is -2.36. The van der Waals surface area contributed by atoms with Crippen LogP contribution in [-0.4, -0.2) is 67.1 Å². The standard InChI is InChI=1S/C27H27N5O6/c1-36-18-11-16(12-19(14-18)37-2)25(33)21-15-32(27(34)35)26-20(21)4-6-24(30-26)29-23-5-3-17(13-22(23)28)31-7-9-38-10-8-31/h3-6,11-15H,7-10,28H2,1-2H3,(H,29,30)(H,34,35). The van der Waals surface area contributed by atoms with Gasteiger partial charge in [0.2, 0.25) is 0 Å².